The van der Waals surface area contributed by atoms with Gasteiger partial charge in [0.25, 0.3) is 0 Å². The van der Waals surface area contributed by atoms with E-state index in [0.29, 0.717) is 35.1 Å². The molecule has 0 spiro atoms. The molecule has 112 valence electrons. The molecule has 0 radical (unpaired) electrons. The lowest BCUT2D eigenvalue weighted by molar-refractivity contribution is 0.0526. The molecule has 0 unspecified atom stereocenters. The van der Waals surface area contributed by atoms with E-state index < -0.39 is 0 Å². The number of thioether (sulfide) groups is 1. The van der Waals surface area contributed by atoms with Crippen molar-refractivity contribution in [2.45, 2.75) is 37.4 Å². The van der Waals surface area contributed by atoms with E-state index in [0.717, 1.165) is 12.8 Å². The highest BCUT2D eigenvalue weighted by molar-refractivity contribution is 7.98. The largest absolute Gasteiger partial charge is 0.462 e. The van der Waals surface area contributed by atoms with E-state index in [-0.39, 0.29) is 5.97 Å². The molecule has 2 bridgehead atoms. The summed E-state index contributed by atoms with van der Waals surface area (Å²) < 4.78 is 5.09. The minimum absolute atomic E-state index is 0.293. The van der Waals surface area contributed by atoms with Crippen LogP contribution in [0.5, 0.6) is 0 Å². The van der Waals surface area contributed by atoms with Gasteiger partial charge in [0, 0.05) is 12.2 Å². The molecular weight excluding hydrogens is 286 g/mol. The Hall–Kier alpha value is -1.56. The number of hydrogen-bond acceptors (Lipinski definition) is 6. The van der Waals surface area contributed by atoms with Gasteiger partial charge in [-0.1, -0.05) is 23.4 Å². The van der Waals surface area contributed by atoms with Gasteiger partial charge in [0.15, 0.2) is 5.16 Å². The zero-order valence-corrected chi connectivity index (χ0v) is 13.1. The molecule has 1 N–H and O–H groups in total. The Balaban J connectivity index is 1.84. The number of allylic oxidation sites excluding steroid dienone is 1. The SMILES string of the molecule is CCOC(=O)c1cnc(SC)nc1N[C@H]1C[C@H]2C=C1CC2. The minimum Gasteiger partial charge on any atom is -0.462 e. The smallest absolute Gasteiger partial charge is 0.343 e. The van der Waals surface area contributed by atoms with Crippen molar-refractivity contribution < 1.29 is 9.53 Å². The van der Waals surface area contributed by atoms with Crippen LogP contribution in [0.4, 0.5) is 5.82 Å². The third-order valence-electron chi connectivity index (χ3n) is 4.00. The summed E-state index contributed by atoms with van der Waals surface area (Å²) in [6.07, 6.45) is 9.34. The van der Waals surface area contributed by atoms with Gasteiger partial charge in [0.2, 0.25) is 0 Å². The van der Waals surface area contributed by atoms with E-state index in [9.17, 15) is 4.79 Å². The predicted molar refractivity (Wildman–Crippen MR) is 82.6 cm³/mol. The average molecular weight is 305 g/mol. The van der Waals surface area contributed by atoms with Crippen LogP contribution < -0.4 is 5.32 Å². The van der Waals surface area contributed by atoms with Crippen molar-refractivity contribution in [2.24, 2.45) is 5.92 Å². The number of fused-ring (bicyclic) bond motifs is 1. The van der Waals surface area contributed by atoms with E-state index in [1.807, 2.05) is 6.26 Å². The van der Waals surface area contributed by atoms with E-state index >= 15 is 0 Å². The summed E-state index contributed by atoms with van der Waals surface area (Å²) in [5, 5.41) is 4.08. The molecule has 0 amide bonds. The van der Waals surface area contributed by atoms with Crippen LogP contribution in [0.2, 0.25) is 0 Å². The Labute approximate surface area is 128 Å². The van der Waals surface area contributed by atoms with Gasteiger partial charge >= 0.3 is 5.97 Å². The summed E-state index contributed by atoms with van der Waals surface area (Å²) in [5.41, 5.74) is 1.86. The standard InChI is InChI=1S/C15H19N3O2S/c1-3-20-14(19)11-8-16-15(21-2)18-13(11)17-12-7-9-4-5-10(12)6-9/h6,8-9,12H,3-5,7H2,1-2H3,(H,16,17,18)/t9-,12+/m1/s1. The summed E-state index contributed by atoms with van der Waals surface area (Å²) in [4.78, 5) is 20.7. The van der Waals surface area contributed by atoms with Gasteiger partial charge in [-0.05, 0) is 38.4 Å². The zero-order valence-electron chi connectivity index (χ0n) is 12.3. The lowest BCUT2D eigenvalue weighted by atomic mass is 9.95. The molecule has 1 heterocycles. The maximum Gasteiger partial charge on any atom is 0.343 e. The fourth-order valence-corrected chi connectivity index (χ4v) is 3.34. The number of nitrogens with one attached hydrogen (secondary N) is 1. The Bertz CT molecular complexity index is 588. The summed E-state index contributed by atoms with van der Waals surface area (Å²) in [6, 6.07) is 0.293. The minimum atomic E-state index is -0.371. The second-order valence-corrected chi connectivity index (χ2v) is 6.09. The molecule has 0 saturated heterocycles. The van der Waals surface area contributed by atoms with Crippen LogP contribution in [0.15, 0.2) is 23.0 Å². The van der Waals surface area contributed by atoms with Crippen molar-refractivity contribution in [3.63, 3.8) is 0 Å². The number of aromatic nitrogens is 2. The third kappa shape index (κ3) is 2.90. The van der Waals surface area contributed by atoms with Crippen molar-refractivity contribution in [2.75, 3.05) is 18.2 Å². The van der Waals surface area contributed by atoms with Crippen LogP contribution in [0.3, 0.4) is 0 Å². The van der Waals surface area contributed by atoms with Crippen molar-refractivity contribution in [3.8, 4) is 0 Å². The van der Waals surface area contributed by atoms with Gasteiger partial charge < -0.3 is 10.1 Å². The summed E-state index contributed by atoms with van der Waals surface area (Å²) in [7, 11) is 0. The molecule has 0 aliphatic heterocycles. The number of rotatable bonds is 5. The molecule has 1 aromatic rings. The van der Waals surface area contributed by atoms with Crippen LogP contribution in [-0.2, 0) is 4.74 Å². The molecule has 1 aromatic heterocycles. The van der Waals surface area contributed by atoms with E-state index in [1.54, 1.807) is 13.1 Å². The van der Waals surface area contributed by atoms with Crippen LogP contribution in [-0.4, -0.2) is 34.8 Å². The first kappa shape index (κ1) is 14.4. The van der Waals surface area contributed by atoms with Crippen LogP contribution in [0.1, 0.15) is 36.5 Å². The summed E-state index contributed by atoms with van der Waals surface area (Å²) in [6.45, 7) is 2.14. The molecule has 2 atom stereocenters. The highest BCUT2D eigenvalue weighted by atomic mass is 32.2. The number of ether oxygens (including phenoxy) is 1. The molecule has 2 aliphatic carbocycles. The van der Waals surface area contributed by atoms with E-state index in [2.05, 4.69) is 21.4 Å². The molecule has 2 aliphatic rings. The third-order valence-corrected chi connectivity index (χ3v) is 4.56. The first-order chi connectivity index (χ1) is 10.2. The first-order valence-corrected chi connectivity index (χ1v) is 8.49. The topological polar surface area (TPSA) is 64.1 Å². The quantitative estimate of drug-likeness (QED) is 0.390. The average Bonchev–Trinajstić information content (AvgIpc) is 3.10. The molecule has 0 saturated carbocycles. The Morgan fingerprint density at radius 1 is 1.57 bits per heavy atom. The zero-order chi connectivity index (χ0) is 14.8. The monoisotopic (exact) mass is 305 g/mol. The maximum absolute atomic E-state index is 12.0. The maximum atomic E-state index is 12.0. The summed E-state index contributed by atoms with van der Waals surface area (Å²) >= 11 is 1.46. The van der Waals surface area contributed by atoms with Crippen molar-refractivity contribution in [1.29, 1.82) is 0 Å². The number of carbonyl (C=O) groups is 1. The number of anilines is 1. The predicted octanol–water partition coefficient (Wildman–Crippen LogP) is 2.90. The second kappa shape index (κ2) is 6.05. The van der Waals surface area contributed by atoms with Gasteiger partial charge in [-0.25, -0.2) is 14.8 Å². The fraction of sp³-hybridized carbons (Fsp3) is 0.533. The van der Waals surface area contributed by atoms with Gasteiger partial charge in [0.05, 0.1) is 6.61 Å². The lowest BCUT2D eigenvalue weighted by Gasteiger charge is -2.23. The molecule has 21 heavy (non-hydrogen) atoms. The lowest BCUT2D eigenvalue weighted by Crippen LogP contribution is -2.25. The second-order valence-electron chi connectivity index (χ2n) is 5.31. The van der Waals surface area contributed by atoms with Crippen molar-refractivity contribution >= 4 is 23.5 Å². The summed E-state index contributed by atoms with van der Waals surface area (Å²) in [5.74, 6) is 0.904. The molecule has 6 heteroatoms. The number of carbonyl (C=O) groups excluding carboxylic acids is 1. The van der Waals surface area contributed by atoms with Crippen molar-refractivity contribution in [3.05, 3.63) is 23.4 Å². The fourth-order valence-electron chi connectivity index (χ4n) is 3.00. The van der Waals surface area contributed by atoms with Crippen LogP contribution in [0.25, 0.3) is 0 Å². The van der Waals surface area contributed by atoms with Crippen molar-refractivity contribution in [1.82, 2.24) is 9.97 Å². The number of hydrogen-bond donors (Lipinski definition) is 1. The number of esters is 1. The molecule has 5 nitrogen and oxygen atoms in total. The van der Waals surface area contributed by atoms with Gasteiger partial charge in [-0.3, -0.25) is 0 Å². The van der Waals surface area contributed by atoms with E-state index in [4.69, 9.17) is 4.74 Å². The molecule has 3 rings (SSSR count). The van der Waals surface area contributed by atoms with Gasteiger partial charge in [0.1, 0.15) is 11.4 Å². The van der Waals surface area contributed by atoms with E-state index in [1.165, 1.54) is 23.8 Å². The number of nitrogens with zero attached hydrogens (tertiary/aromatic N) is 2. The molecule has 0 aromatic carbocycles. The van der Waals surface area contributed by atoms with Gasteiger partial charge in [-0.15, -0.1) is 0 Å². The highest BCUT2D eigenvalue weighted by Gasteiger charge is 2.32. The normalized spacial score (nSPS) is 23.0. The first-order valence-electron chi connectivity index (χ1n) is 7.26. The molecule has 0 fully saturated rings. The van der Waals surface area contributed by atoms with Crippen LogP contribution >= 0.6 is 11.8 Å². The highest BCUT2D eigenvalue weighted by Crippen LogP contribution is 2.40. The Kier molecular flexibility index (Phi) is 4.14. The van der Waals surface area contributed by atoms with Gasteiger partial charge in [-0.2, -0.15) is 0 Å². The Morgan fingerprint density at radius 3 is 3.05 bits per heavy atom. The van der Waals surface area contributed by atoms with Crippen LogP contribution in [0, 0.1) is 5.92 Å². The Morgan fingerprint density at radius 2 is 2.43 bits per heavy atom. The molecular formula is C15H19N3O2S.